The first-order chi connectivity index (χ1) is 12.4. The van der Waals surface area contributed by atoms with Gasteiger partial charge >= 0.3 is 12.1 Å². The average Bonchev–Trinajstić information content (AvgIpc) is 2.99. The maximum Gasteiger partial charge on any atom is 0.490 e. The van der Waals surface area contributed by atoms with Crippen LogP contribution in [-0.4, -0.2) is 79.5 Å². The van der Waals surface area contributed by atoms with E-state index in [1.165, 1.54) is 12.6 Å². The largest absolute Gasteiger partial charge is 0.490 e. The first-order valence-electron chi connectivity index (χ1n) is 7.72. The van der Waals surface area contributed by atoms with Crippen LogP contribution >= 0.6 is 0 Å². The number of carbonyl (C=O) groups is 1. The number of aromatic nitrogens is 2. The minimum Gasteiger partial charge on any atom is -0.481 e. The standard InChI is InChI=1S/C12H18N4O3S.C2HF3O2/c1-19-11-5-10(13-9-14-11)15-6-12(7-15)3-4-16(8-12)20(2,17)18;3-2(4,5)1(6)7/h5,9H,3-4,6-8H2,1-2H3;(H,6,7). The zero-order valence-corrected chi connectivity index (χ0v) is 15.4. The van der Waals surface area contributed by atoms with Crippen molar-refractivity contribution in [2.75, 3.05) is 44.4 Å². The summed E-state index contributed by atoms with van der Waals surface area (Å²) in [5, 5.41) is 7.12. The molecule has 27 heavy (non-hydrogen) atoms. The molecule has 2 saturated heterocycles. The number of sulfonamides is 1. The van der Waals surface area contributed by atoms with Crippen molar-refractivity contribution in [1.82, 2.24) is 14.3 Å². The molecular formula is C14H19F3N4O5S. The maximum absolute atomic E-state index is 11.6. The summed E-state index contributed by atoms with van der Waals surface area (Å²) in [6.07, 6.45) is -1.41. The molecule has 2 fully saturated rings. The second kappa shape index (κ2) is 7.46. The summed E-state index contributed by atoms with van der Waals surface area (Å²) in [4.78, 5) is 19.2. The zero-order chi connectivity index (χ0) is 20.5. The summed E-state index contributed by atoms with van der Waals surface area (Å²) in [7, 11) is -1.50. The van der Waals surface area contributed by atoms with E-state index in [1.54, 1.807) is 17.5 Å². The second-order valence-electron chi connectivity index (χ2n) is 6.42. The highest BCUT2D eigenvalue weighted by Gasteiger charge is 2.49. The molecule has 0 aliphatic carbocycles. The van der Waals surface area contributed by atoms with Crippen molar-refractivity contribution >= 4 is 21.8 Å². The Balaban J connectivity index is 0.000000321. The lowest BCUT2D eigenvalue weighted by Gasteiger charge is -2.48. The lowest BCUT2D eigenvalue weighted by Crippen LogP contribution is -2.58. The van der Waals surface area contributed by atoms with E-state index in [0.717, 1.165) is 25.3 Å². The van der Waals surface area contributed by atoms with Crippen LogP contribution in [0.2, 0.25) is 0 Å². The molecule has 1 aromatic rings. The smallest absolute Gasteiger partial charge is 0.481 e. The number of rotatable bonds is 3. The number of carboxylic acids is 1. The van der Waals surface area contributed by atoms with Crippen LogP contribution in [0, 0.1) is 5.41 Å². The van der Waals surface area contributed by atoms with Gasteiger partial charge in [-0.25, -0.2) is 27.5 Å². The molecule has 152 valence electrons. The number of alkyl halides is 3. The number of anilines is 1. The van der Waals surface area contributed by atoms with Gasteiger partial charge in [0.2, 0.25) is 15.9 Å². The molecule has 2 aliphatic heterocycles. The van der Waals surface area contributed by atoms with E-state index < -0.39 is 22.2 Å². The molecule has 2 aliphatic rings. The molecule has 0 saturated carbocycles. The molecule has 0 unspecified atom stereocenters. The summed E-state index contributed by atoms with van der Waals surface area (Å²) >= 11 is 0. The van der Waals surface area contributed by atoms with Crippen molar-refractivity contribution in [3.63, 3.8) is 0 Å². The molecule has 3 rings (SSSR count). The molecule has 0 atom stereocenters. The zero-order valence-electron chi connectivity index (χ0n) is 14.6. The first-order valence-corrected chi connectivity index (χ1v) is 9.57. The number of carboxylic acid groups (broad SMARTS) is 1. The van der Waals surface area contributed by atoms with E-state index in [9.17, 15) is 21.6 Å². The van der Waals surface area contributed by atoms with Gasteiger partial charge in [0.05, 0.1) is 13.4 Å². The third-order valence-corrected chi connectivity index (χ3v) is 5.58. The van der Waals surface area contributed by atoms with Crippen LogP contribution in [0.4, 0.5) is 19.0 Å². The van der Waals surface area contributed by atoms with Crippen molar-refractivity contribution in [2.45, 2.75) is 12.6 Å². The van der Waals surface area contributed by atoms with Gasteiger partial charge in [-0.15, -0.1) is 0 Å². The fourth-order valence-corrected chi connectivity index (χ4v) is 3.91. The fourth-order valence-electron chi connectivity index (χ4n) is 2.98. The Kier molecular flexibility index (Phi) is 5.85. The Morgan fingerprint density at radius 2 is 1.89 bits per heavy atom. The quantitative estimate of drug-likeness (QED) is 0.768. The molecule has 0 radical (unpaired) electrons. The summed E-state index contributed by atoms with van der Waals surface area (Å²) in [6.45, 7) is 2.91. The minimum absolute atomic E-state index is 0.0846. The third kappa shape index (κ3) is 5.19. The van der Waals surface area contributed by atoms with Crippen molar-refractivity contribution < 1.29 is 36.2 Å². The van der Waals surface area contributed by atoms with Crippen LogP contribution in [0.3, 0.4) is 0 Å². The molecule has 1 aromatic heterocycles. The summed E-state index contributed by atoms with van der Waals surface area (Å²) in [6, 6.07) is 1.80. The van der Waals surface area contributed by atoms with E-state index in [4.69, 9.17) is 14.6 Å². The second-order valence-corrected chi connectivity index (χ2v) is 8.41. The highest BCUT2D eigenvalue weighted by molar-refractivity contribution is 7.88. The predicted octanol–water partition coefficient (Wildman–Crippen LogP) is 0.590. The number of ether oxygens (including phenoxy) is 1. The van der Waals surface area contributed by atoms with Gasteiger partial charge in [0.1, 0.15) is 12.1 Å². The van der Waals surface area contributed by atoms with Crippen molar-refractivity contribution in [3.8, 4) is 5.88 Å². The van der Waals surface area contributed by atoms with Crippen LogP contribution in [0.25, 0.3) is 0 Å². The molecule has 13 heteroatoms. The fraction of sp³-hybridized carbons (Fsp3) is 0.643. The molecule has 0 amide bonds. The lowest BCUT2D eigenvalue weighted by atomic mass is 9.79. The number of hydrogen-bond acceptors (Lipinski definition) is 7. The normalized spacial score (nSPS) is 19.2. The van der Waals surface area contributed by atoms with Gasteiger partial charge in [-0.2, -0.15) is 13.2 Å². The highest BCUT2D eigenvalue weighted by atomic mass is 32.2. The maximum atomic E-state index is 11.6. The van der Waals surface area contributed by atoms with Crippen molar-refractivity contribution in [3.05, 3.63) is 12.4 Å². The molecule has 1 spiro atoms. The monoisotopic (exact) mass is 412 g/mol. The van der Waals surface area contributed by atoms with E-state index in [-0.39, 0.29) is 5.41 Å². The molecular weight excluding hydrogens is 393 g/mol. The van der Waals surface area contributed by atoms with E-state index in [0.29, 0.717) is 19.0 Å². The Labute approximate surface area is 153 Å². The van der Waals surface area contributed by atoms with Gasteiger partial charge in [-0.1, -0.05) is 0 Å². The molecule has 9 nitrogen and oxygen atoms in total. The molecule has 0 aromatic carbocycles. The van der Waals surface area contributed by atoms with Gasteiger partial charge < -0.3 is 14.7 Å². The van der Waals surface area contributed by atoms with Gasteiger partial charge in [0.25, 0.3) is 0 Å². The summed E-state index contributed by atoms with van der Waals surface area (Å²) in [5.74, 6) is -1.38. The number of nitrogens with zero attached hydrogens (tertiary/aromatic N) is 4. The van der Waals surface area contributed by atoms with Crippen molar-refractivity contribution in [1.29, 1.82) is 0 Å². The van der Waals surface area contributed by atoms with Crippen LogP contribution in [0.5, 0.6) is 5.88 Å². The van der Waals surface area contributed by atoms with Crippen LogP contribution in [-0.2, 0) is 14.8 Å². The van der Waals surface area contributed by atoms with Crippen LogP contribution in [0.15, 0.2) is 12.4 Å². The van der Waals surface area contributed by atoms with Crippen LogP contribution in [0.1, 0.15) is 6.42 Å². The van der Waals surface area contributed by atoms with E-state index >= 15 is 0 Å². The molecule has 0 bridgehead atoms. The Hall–Kier alpha value is -2.15. The summed E-state index contributed by atoms with van der Waals surface area (Å²) in [5.41, 5.74) is 0.0846. The first kappa shape index (κ1) is 21.2. The van der Waals surface area contributed by atoms with Gasteiger partial charge in [0.15, 0.2) is 0 Å². The van der Waals surface area contributed by atoms with Gasteiger partial charge in [-0.3, -0.25) is 0 Å². The van der Waals surface area contributed by atoms with Crippen molar-refractivity contribution in [2.24, 2.45) is 5.41 Å². The number of halogens is 3. The third-order valence-electron chi connectivity index (χ3n) is 4.33. The number of aliphatic carboxylic acids is 1. The lowest BCUT2D eigenvalue weighted by molar-refractivity contribution is -0.192. The topological polar surface area (TPSA) is 113 Å². The van der Waals surface area contributed by atoms with Crippen LogP contribution < -0.4 is 9.64 Å². The average molecular weight is 412 g/mol. The number of hydrogen-bond donors (Lipinski definition) is 1. The Morgan fingerprint density at radius 1 is 1.30 bits per heavy atom. The Morgan fingerprint density at radius 3 is 2.33 bits per heavy atom. The predicted molar refractivity (Wildman–Crippen MR) is 88.0 cm³/mol. The highest BCUT2D eigenvalue weighted by Crippen LogP contribution is 2.42. The van der Waals surface area contributed by atoms with Gasteiger partial charge in [0, 0.05) is 37.7 Å². The van der Waals surface area contributed by atoms with E-state index in [2.05, 4.69) is 14.9 Å². The van der Waals surface area contributed by atoms with E-state index in [1.807, 2.05) is 0 Å². The molecule has 3 heterocycles. The Bertz CT molecular complexity index is 796. The van der Waals surface area contributed by atoms with Gasteiger partial charge in [-0.05, 0) is 6.42 Å². The number of methoxy groups -OCH3 is 1. The summed E-state index contributed by atoms with van der Waals surface area (Å²) < 4.78 is 61.5. The SMILES string of the molecule is COc1cc(N2CC3(CCN(S(C)(=O)=O)C3)C2)ncn1.O=C(O)C(F)(F)F. The minimum atomic E-state index is -5.08. The molecule has 1 N–H and O–H groups in total.